The van der Waals surface area contributed by atoms with E-state index < -0.39 is 0 Å². The number of hydrogen-bond donors (Lipinski definition) is 0. The van der Waals surface area contributed by atoms with E-state index in [1.807, 2.05) is 11.0 Å². The van der Waals surface area contributed by atoms with E-state index in [4.69, 9.17) is 0 Å². The second kappa shape index (κ2) is 7.44. The van der Waals surface area contributed by atoms with E-state index in [1.165, 1.54) is 5.56 Å². The average molecular weight is 274 g/mol. The maximum absolute atomic E-state index is 12.6. The van der Waals surface area contributed by atoms with Crippen LogP contribution in [-0.2, 0) is 11.2 Å². The molecule has 0 fully saturated rings. The topological polar surface area (TPSA) is 23.6 Å². The standard InChI is InChI=1S/C17H26N2O/c1-3-11-18(12-4-2)14-17(20)19-13-7-9-15-8-5-6-10-16(15)19/h5-6,8,10H,3-4,7,9,11-14H2,1-2H3. The molecule has 0 aliphatic carbocycles. The van der Waals surface area contributed by atoms with Crippen molar-refractivity contribution in [3.63, 3.8) is 0 Å². The Labute approximate surface area is 122 Å². The van der Waals surface area contributed by atoms with Gasteiger partial charge in [0, 0.05) is 12.2 Å². The Morgan fingerprint density at radius 3 is 2.60 bits per heavy atom. The molecule has 1 amide bonds. The summed E-state index contributed by atoms with van der Waals surface area (Å²) in [6.45, 7) is 7.77. The first kappa shape index (κ1) is 15.0. The van der Waals surface area contributed by atoms with Crippen LogP contribution in [0.2, 0.25) is 0 Å². The van der Waals surface area contributed by atoms with E-state index in [-0.39, 0.29) is 5.91 Å². The van der Waals surface area contributed by atoms with Crippen molar-refractivity contribution in [3.8, 4) is 0 Å². The number of fused-ring (bicyclic) bond motifs is 1. The zero-order valence-electron chi connectivity index (χ0n) is 12.8. The van der Waals surface area contributed by atoms with Gasteiger partial charge in [0.1, 0.15) is 0 Å². The number of rotatable bonds is 6. The van der Waals surface area contributed by atoms with E-state index >= 15 is 0 Å². The molecular weight excluding hydrogens is 248 g/mol. The van der Waals surface area contributed by atoms with Crippen molar-refractivity contribution >= 4 is 11.6 Å². The van der Waals surface area contributed by atoms with Crippen LogP contribution in [-0.4, -0.2) is 37.0 Å². The fourth-order valence-electron chi connectivity index (χ4n) is 2.97. The molecule has 0 radical (unpaired) electrons. The minimum atomic E-state index is 0.249. The van der Waals surface area contributed by atoms with Crippen molar-refractivity contribution in [1.29, 1.82) is 0 Å². The lowest BCUT2D eigenvalue weighted by molar-refractivity contribution is -0.119. The van der Waals surface area contributed by atoms with Crippen molar-refractivity contribution in [1.82, 2.24) is 4.90 Å². The van der Waals surface area contributed by atoms with E-state index in [1.54, 1.807) is 0 Å². The molecule has 3 heteroatoms. The molecule has 0 aromatic heterocycles. The second-order valence-electron chi connectivity index (χ2n) is 5.55. The van der Waals surface area contributed by atoms with Gasteiger partial charge >= 0.3 is 0 Å². The monoisotopic (exact) mass is 274 g/mol. The minimum Gasteiger partial charge on any atom is -0.311 e. The van der Waals surface area contributed by atoms with Gasteiger partial charge in [0.25, 0.3) is 0 Å². The number of carbonyl (C=O) groups excluding carboxylic acids is 1. The molecule has 0 saturated heterocycles. The molecule has 0 saturated carbocycles. The van der Waals surface area contributed by atoms with Crippen LogP contribution in [0.4, 0.5) is 5.69 Å². The summed E-state index contributed by atoms with van der Waals surface area (Å²) in [7, 11) is 0. The van der Waals surface area contributed by atoms with Crippen molar-refractivity contribution in [2.24, 2.45) is 0 Å². The van der Waals surface area contributed by atoms with Crippen LogP contribution in [0, 0.1) is 0 Å². The van der Waals surface area contributed by atoms with E-state index in [0.717, 1.165) is 51.0 Å². The minimum absolute atomic E-state index is 0.249. The Balaban J connectivity index is 2.06. The Hall–Kier alpha value is -1.35. The van der Waals surface area contributed by atoms with Gasteiger partial charge in [-0.25, -0.2) is 0 Å². The normalized spacial score (nSPS) is 14.4. The van der Waals surface area contributed by atoms with Gasteiger partial charge in [0.05, 0.1) is 6.54 Å². The third-order valence-corrected chi connectivity index (χ3v) is 3.85. The molecule has 0 spiro atoms. The molecule has 1 aliphatic rings. The molecule has 20 heavy (non-hydrogen) atoms. The average Bonchev–Trinajstić information content (AvgIpc) is 2.47. The molecule has 3 nitrogen and oxygen atoms in total. The van der Waals surface area contributed by atoms with Gasteiger partial charge in [0.2, 0.25) is 5.91 Å². The Bertz CT molecular complexity index is 438. The van der Waals surface area contributed by atoms with Gasteiger partial charge in [0.15, 0.2) is 0 Å². The van der Waals surface area contributed by atoms with Crippen LogP contribution < -0.4 is 4.90 Å². The fourth-order valence-corrected chi connectivity index (χ4v) is 2.97. The number of nitrogens with zero attached hydrogens (tertiary/aromatic N) is 2. The summed E-state index contributed by atoms with van der Waals surface area (Å²) in [5.41, 5.74) is 2.43. The van der Waals surface area contributed by atoms with Crippen molar-refractivity contribution in [2.45, 2.75) is 39.5 Å². The predicted molar refractivity (Wildman–Crippen MR) is 84.1 cm³/mol. The van der Waals surface area contributed by atoms with Gasteiger partial charge in [-0.3, -0.25) is 9.69 Å². The maximum atomic E-state index is 12.6. The van der Waals surface area contributed by atoms with Crippen LogP contribution in [0.25, 0.3) is 0 Å². The second-order valence-corrected chi connectivity index (χ2v) is 5.55. The Kier molecular flexibility index (Phi) is 5.60. The summed E-state index contributed by atoms with van der Waals surface area (Å²) in [5, 5.41) is 0. The summed E-state index contributed by atoms with van der Waals surface area (Å²) in [6, 6.07) is 8.31. The SMILES string of the molecule is CCCN(CCC)CC(=O)N1CCCc2ccccc21. The summed E-state index contributed by atoms with van der Waals surface area (Å²) < 4.78 is 0. The van der Waals surface area contributed by atoms with Gasteiger partial charge in [-0.2, -0.15) is 0 Å². The summed E-state index contributed by atoms with van der Waals surface area (Å²) in [6.07, 6.45) is 4.37. The zero-order chi connectivity index (χ0) is 14.4. The lowest BCUT2D eigenvalue weighted by Gasteiger charge is -2.31. The highest BCUT2D eigenvalue weighted by Crippen LogP contribution is 2.26. The molecule has 1 aromatic rings. The number of para-hydroxylation sites is 1. The van der Waals surface area contributed by atoms with Gasteiger partial charge in [-0.15, -0.1) is 0 Å². The molecule has 110 valence electrons. The van der Waals surface area contributed by atoms with Crippen LogP contribution in [0.1, 0.15) is 38.7 Å². The summed E-state index contributed by atoms with van der Waals surface area (Å²) in [4.78, 5) is 16.9. The number of hydrogen-bond acceptors (Lipinski definition) is 2. The molecule has 0 bridgehead atoms. The molecule has 0 atom stereocenters. The van der Waals surface area contributed by atoms with Crippen LogP contribution >= 0.6 is 0 Å². The number of benzene rings is 1. The maximum Gasteiger partial charge on any atom is 0.241 e. The lowest BCUT2D eigenvalue weighted by atomic mass is 10.0. The molecule has 0 N–H and O–H groups in total. The van der Waals surface area contributed by atoms with Crippen molar-refractivity contribution < 1.29 is 4.79 Å². The highest BCUT2D eigenvalue weighted by atomic mass is 16.2. The highest BCUT2D eigenvalue weighted by molar-refractivity contribution is 5.95. The van der Waals surface area contributed by atoms with E-state index in [9.17, 15) is 4.79 Å². The number of carbonyl (C=O) groups is 1. The quantitative estimate of drug-likeness (QED) is 0.796. The highest BCUT2D eigenvalue weighted by Gasteiger charge is 2.23. The molecular formula is C17H26N2O. The summed E-state index contributed by atoms with van der Waals surface area (Å²) in [5.74, 6) is 0.249. The first-order valence-electron chi connectivity index (χ1n) is 7.86. The molecule has 1 heterocycles. The molecule has 2 rings (SSSR count). The van der Waals surface area contributed by atoms with Crippen molar-refractivity contribution in [3.05, 3.63) is 29.8 Å². The first-order valence-corrected chi connectivity index (χ1v) is 7.86. The third-order valence-electron chi connectivity index (χ3n) is 3.85. The lowest BCUT2D eigenvalue weighted by Crippen LogP contribution is -2.43. The molecule has 1 aliphatic heterocycles. The number of amides is 1. The van der Waals surface area contributed by atoms with Crippen molar-refractivity contribution in [2.75, 3.05) is 31.1 Å². The van der Waals surface area contributed by atoms with Crippen LogP contribution in [0.3, 0.4) is 0 Å². The Morgan fingerprint density at radius 1 is 1.20 bits per heavy atom. The van der Waals surface area contributed by atoms with E-state index in [0.29, 0.717) is 6.54 Å². The predicted octanol–water partition coefficient (Wildman–Crippen LogP) is 3.09. The fraction of sp³-hybridized carbons (Fsp3) is 0.588. The molecule has 1 aromatic carbocycles. The largest absolute Gasteiger partial charge is 0.311 e. The summed E-state index contributed by atoms with van der Waals surface area (Å²) >= 11 is 0. The van der Waals surface area contributed by atoms with Crippen LogP contribution in [0.15, 0.2) is 24.3 Å². The number of anilines is 1. The molecule has 0 unspecified atom stereocenters. The third kappa shape index (κ3) is 3.60. The van der Waals surface area contributed by atoms with Crippen LogP contribution in [0.5, 0.6) is 0 Å². The first-order chi connectivity index (χ1) is 9.76. The number of aryl methyl sites for hydroxylation is 1. The zero-order valence-corrected chi connectivity index (χ0v) is 12.8. The Morgan fingerprint density at radius 2 is 1.90 bits per heavy atom. The smallest absolute Gasteiger partial charge is 0.241 e. The van der Waals surface area contributed by atoms with E-state index in [2.05, 4.69) is 36.9 Å². The van der Waals surface area contributed by atoms with Gasteiger partial charge in [-0.1, -0.05) is 32.0 Å². The van der Waals surface area contributed by atoms with Gasteiger partial charge in [-0.05, 0) is 50.4 Å². The van der Waals surface area contributed by atoms with Gasteiger partial charge < -0.3 is 4.90 Å².